The number of anilines is 1. The van der Waals surface area contributed by atoms with E-state index in [1.54, 1.807) is 4.90 Å². The number of aliphatic hydroxyl groups is 3. The number of nitrogens with one attached hydrogen (secondary N) is 1. The lowest BCUT2D eigenvalue weighted by molar-refractivity contribution is -0.0798. The van der Waals surface area contributed by atoms with Crippen LogP contribution in [-0.2, 0) is 4.74 Å². The van der Waals surface area contributed by atoms with Crippen LogP contribution in [0.25, 0.3) is 0 Å². The number of thiocarbonyl (C=S) groups is 1. The Labute approximate surface area is 135 Å². The molecule has 2 aliphatic rings. The summed E-state index contributed by atoms with van der Waals surface area (Å²) >= 11 is 8.78. The second-order valence-electron chi connectivity index (χ2n) is 5.03. The molecule has 0 spiro atoms. The van der Waals surface area contributed by atoms with Crippen molar-refractivity contribution in [1.82, 2.24) is 5.32 Å². The highest BCUT2D eigenvalue weighted by molar-refractivity contribution is 9.10. The third-order valence-corrected chi connectivity index (χ3v) is 4.74. The molecule has 3 rings (SSSR count). The molecule has 0 aliphatic carbocycles. The highest BCUT2D eigenvalue weighted by atomic mass is 79.9. The van der Waals surface area contributed by atoms with Crippen LogP contribution < -0.4 is 10.2 Å². The van der Waals surface area contributed by atoms with E-state index in [2.05, 4.69) is 21.2 Å². The van der Waals surface area contributed by atoms with E-state index < -0.39 is 37.2 Å². The van der Waals surface area contributed by atoms with Crippen LogP contribution >= 0.6 is 28.1 Å². The Bertz CT molecular complexity index is 561. The Morgan fingerprint density at radius 2 is 2.14 bits per heavy atom. The van der Waals surface area contributed by atoms with E-state index in [1.807, 2.05) is 24.3 Å². The fourth-order valence-corrected chi connectivity index (χ4v) is 3.53. The van der Waals surface area contributed by atoms with Crippen LogP contribution in [-0.4, -0.2) is 57.6 Å². The largest absolute Gasteiger partial charge is 0.394 e. The molecule has 2 saturated heterocycles. The average molecular weight is 375 g/mol. The number of nitrogens with zero attached hydrogens (tertiary/aromatic N) is 1. The SMILES string of the molecule is OC[C@@H](O)[C@H]1O[C@H]2[C@H](NC(=S)N2c2ccccc2Br)[C@H]1O. The lowest BCUT2D eigenvalue weighted by Crippen LogP contribution is -2.45. The van der Waals surface area contributed by atoms with E-state index >= 15 is 0 Å². The first-order valence-electron chi connectivity index (χ1n) is 6.51. The molecule has 6 nitrogen and oxygen atoms in total. The van der Waals surface area contributed by atoms with Gasteiger partial charge in [-0.2, -0.15) is 0 Å². The molecule has 114 valence electrons. The number of benzene rings is 1. The van der Waals surface area contributed by atoms with Crippen molar-refractivity contribution in [3.63, 3.8) is 0 Å². The maximum absolute atomic E-state index is 10.3. The summed E-state index contributed by atoms with van der Waals surface area (Å²) in [7, 11) is 0. The van der Waals surface area contributed by atoms with Gasteiger partial charge >= 0.3 is 0 Å². The third-order valence-electron chi connectivity index (χ3n) is 3.75. The molecule has 0 unspecified atom stereocenters. The average Bonchev–Trinajstić information content (AvgIpc) is 2.95. The lowest BCUT2D eigenvalue weighted by Gasteiger charge is -2.26. The minimum absolute atomic E-state index is 0.448. The van der Waals surface area contributed by atoms with Gasteiger partial charge in [-0.1, -0.05) is 12.1 Å². The van der Waals surface area contributed by atoms with Crippen molar-refractivity contribution in [1.29, 1.82) is 0 Å². The fraction of sp³-hybridized carbons (Fsp3) is 0.462. The molecule has 0 radical (unpaired) electrons. The predicted molar refractivity (Wildman–Crippen MR) is 83.9 cm³/mol. The molecule has 0 bridgehead atoms. The predicted octanol–water partition coefficient (Wildman–Crippen LogP) is -0.0488. The molecule has 8 heteroatoms. The van der Waals surface area contributed by atoms with E-state index in [0.717, 1.165) is 10.2 Å². The Morgan fingerprint density at radius 1 is 1.43 bits per heavy atom. The van der Waals surface area contributed by atoms with Crippen molar-refractivity contribution >= 4 is 38.9 Å². The molecular formula is C13H15BrN2O4S. The molecule has 2 heterocycles. The fourth-order valence-electron chi connectivity index (χ4n) is 2.72. The Morgan fingerprint density at radius 3 is 2.81 bits per heavy atom. The van der Waals surface area contributed by atoms with Crippen molar-refractivity contribution in [2.45, 2.75) is 30.6 Å². The minimum atomic E-state index is -1.14. The van der Waals surface area contributed by atoms with Crippen LogP contribution in [0.2, 0.25) is 0 Å². The first-order chi connectivity index (χ1) is 10.0. The van der Waals surface area contributed by atoms with E-state index in [9.17, 15) is 10.2 Å². The van der Waals surface area contributed by atoms with Gasteiger partial charge in [0.2, 0.25) is 0 Å². The molecule has 21 heavy (non-hydrogen) atoms. The maximum Gasteiger partial charge on any atom is 0.176 e. The summed E-state index contributed by atoms with van der Waals surface area (Å²) in [6.45, 7) is -0.472. The summed E-state index contributed by atoms with van der Waals surface area (Å²) in [5.41, 5.74) is 0.814. The number of hydrogen-bond acceptors (Lipinski definition) is 5. The number of halogens is 1. The van der Waals surface area contributed by atoms with Crippen molar-refractivity contribution in [2.24, 2.45) is 0 Å². The number of aliphatic hydroxyl groups excluding tert-OH is 3. The molecule has 2 aliphatic heterocycles. The smallest absolute Gasteiger partial charge is 0.176 e. The van der Waals surface area contributed by atoms with Crippen LogP contribution in [0.1, 0.15) is 0 Å². The topological polar surface area (TPSA) is 85.2 Å². The number of ether oxygens (including phenoxy) is 1. The molecule has 1 aromatic carbocycles. The number of fused-ring (bicyclic) bond motifs is 1. The molecular weight excluding hydrogens is 360 g/mol. The number of para-hydroxylation sites is 1. The molecule has 1 aromatic rings. The Kier molecular flexibility index (Phi) is 4.17. The van der Waals surface area contributed by atoms with Crippen molar-refractivity contribution in [3.8, 4) is 0 Å². The van der Waals surface area contributed by atoms with Gasteiger partial charge in [0.05, 0.1) is 12.3 Å². The molecule has 0 saturated carbocycles. The summed E-state index contributed by atoms with van der Waals surface area (Å²) in [6, 6.07) is 7.08. The third kappa shape index (κ3) is 2.45. The second-order valence-corrected chi connectivity index (χ2v) is 6.27. The summed E-state index contributed by atoms with van der Waals surface area (Å²) in [5, 5.41) is 32.5. The zero-order chi connectivity index (χ0) is 15.1. The molecule has 0 amide bonds. The monoisotopic (exact) mass is 374 g/mol. The zero-order valence-corrected chi connectivity index (χ0v) is 13.3. The van der Waals surface area contributed by atoms with Crippen molar-refractivity contribution < 1.29 is 20.1 Å². The van der Waals surface area contributed by atoms with Gasteiger partial charge in [0.25, 0.3) is 0 Å². The summed E-state index contributed by atoms with van der Waals surface area (Å²) in [6.07, 6.45) is -3.48. The van der Waals surface area contributed by atoms with Crippen LogP contribution in [0.3, 0.4) is 0 Å². The van der Waals surface area contributed by atoms with E-state index in [1.165, 1.54) is 0 Å². The van der Waals surface area contributed by atoms with Crippen LogP contribution in [0, 0.1) is 0 Å². The Balaban J connectivity index is 1.91. The Hall–Kier alpha value is -0.770. The van der Waals surface area contributed by atoms with Gasteiger partial charge < -0.3 is 25.4 Å². The summed E-state index contributed by atoms with van der Waals surface area (Å²) in [5.74, 6) is 0. The van der Waals surface area contributed by atoms with E-state index in [-0.39, 0.29) is 0 Å². The normalized spacial score (nSPS) is 33.0. The van der Waals surface area contributed by atoms with E-state index in [0.29, 0.717) is 5.11 Å². The first kappa shape index (κ1) is 15.1. The van der Waals surface area contributed by atoms with Gasteiger partial charge in [-0.05, 0) is 40.3 Å². The van der Waals surface area contributed by atoms with Crippen molar-refractivity contribution in [2.75, 3.05) is 11.5 Å². The maximum atomic E-state index is 10.3. The van der Waals surface area contributed by atoms with Crippen LogP contribution in [0.4, 0.5) is 5.69 Å². The molecule has 2 fully saturated rings. The van der Waals surface area contributed by atoms with Gasteiger partial charge in [0.1, 0.15) is 24.4 Å². The van der Waals surface area contributed by atoms with Crippen LogP contribution in [0.15, 0.2) is 28.7 Å². The standard InChI is InChI=1S/C13H15BrN2O4S/c14-6-3-1-2-4-7(6)16-12-9(15-13(16)21)10(19)11(20-12)8(18)5-17/h1-4,8-12,17-19H,5H2,(H,15,21)/t8-,9-,10-,11-,12+/m1/s1. The highest BCUT2D eigenvalue weighted by Gasteiger charge is 2.54. The van der Waals surface area contributed by atoms with Gasteiger partial charge in [-0.15, -0.1) is 0 Å². The van der Waals surface area contributed by atoms with Gasteiger partial charge in [0.15, 0.2) is 11.3 Å². The van der Waals surface area contributed by atoms with Gasteiger partial charge in [0, 0.05) is 4.47 Å². The number of hydrogen-bond donors (Lipinski definition) is 4. The second kappa shape index (κ2) is 5.79. The van der Waals surface area contributed by atoms with Crippen molar-refractivity contribution in [3.05, 3.63) is 28.7 Å². The lowest BCUT2D eigenvalue weighted by atomic mass is 10.0. The minimum Gasteiger partial charge on any atom is -0.394 e. The summed E-state index contributed by atoms with van der Waals surface area (Å²) < 4.78 is 6.58. The van der Waals surface area contributed by atoms with Gasteiger partial charge in [-0.3, -0.25) is 4.90 Å². The quantitative estimate of drug-likeness (QED) is 0.552. The summed E-state index contributed by atoms with van der Waals surface area (Å²) in [4.78, 5) is 1.76. The first-order valence-corrected chi connectivity index (χ1v) is 7.71. The zero-order valence-electron chi connectivity index (χ0n) is 10.9. The molecule has 4 N–H and O–H groups in total. The highest BCUT2D eigenvalue weighted by Crippen LogP contribution is 2.36. The van der Waals surface area contributed by atoms with Crippen LogP contribution in [0.5, 0.6) is 0 Å². The van der Waals surface area contributed by atoms with E-state index in [4.69, 9.17) is 22.1 Å². The van der Waals surface area contributed by atoms with Gasteiger partial charge in [-0.25, -0.2) is 0 Å². The molecule has 5 atom stereocenters. The molecule has 0 aromatic heterocycles. The number of rotatable bonds is 3.